The predicted octanol–water partition coefficient (Wildman–Crippen LogP) is 4.43. The summed E-state index contributed by atoms with van der Waals surface area (Å²) in [7, 11) is 1.16. The molecule has 1 saturated carbocycles. The van der Waals surface area contributed by atoms with Crippen LogP contribution in [0.5, 0.6) is 0 Å². The van der Waals surface area contributed by atoms with Crippen LogP contribution in [-0.2, 0) is 16.5 Å². The molecule has 1 aromatic rings. The fraction of sp³-hybridized carbons (Fsp3) is 0.579. The molecule has 1 aromatic carbocycles. The second kappa shape index (κ2) is 7.07. The Morgan fingerprint density at radius 3 is 2.45 bits per heavy atom. The Morgan fingerprint density at radius 2 is 1.93 bits per heavy atom. The lowest BCUT2D eigenvalue weighted by Crippen LogP contribution is -2.55. The van der Waals surface area contributed by atoms with Crippen molar-refractivity contribution in [3.05, 3.63) is 35.1 Å². The molecule has 1 N–H and O–H groups in total. The third-order valence-electron chi connectivity index (χ3n) is 5.92. The number of ether oxygens (including phenoxy) is 1. The zero-order valence-corrected chi connectivity index (χ0v) is 16.1. The van der Waals surface area contributed by atoms with E-state index in [1.54, 1.807) is 6.92 Å². The van der Waals surface area contributed by atoms with Crippen LogP contribution in [0.15, 0.2) is 18.2 Å². The van der Waals surface area contributed by atoms with E-state index >= 15 is 0 Å². The SMILES string of the molecule is COC(=O)N(C[C@@]1(C)CCCN1C(=O)O)C1(c2ccc(F)c(C(F)(F)F)c2)CC1. The monoisotopic (exact) mass is 418 g/mol. The minimum absolute atomic E-state index is 0.0370. The first-order valence-electron chi connectivity index (χ1n) is 9.18. The number of carbonyl (C=O) groups is 2. The third kappa shape index (κ3) is 3.72. The van der Waals surface area contributed by atoms with Gasteiger partial charge in [-0.3, -0.25) is 4.90 Å². The van der Waals surface area contributed by atoms with Crippen LogP contribution in [0.2, 0.25) is 0 Å². The largest absolute Gasteiger partial charge is 0.465 e. The zero-order chi connectivity index (χ0) is 21.6. The molecule has 0 radical (unpaired) electrons. The van der Waals surface area contributed by atoms with Crippen LogP contribution < -0.4 is 0 Å². The molecule has 3 rings (SSSR count). The zero-order valence-electron chi connectivity index (χ0n) is 16.1. The maximum atomic E-state index is 13.7. The Morgan fingerprint density at radius 1 is 1.28 bits per heavy atom. The fourth-order valence-electron chi connectivity index (χ4n) is 4.22. The van der Waals surface area contributed by atoms with E-state index < -0.39 is 40.8 Å². The number of amides is 2. The summed E-state index contributed by atoms with van der Waals surface area (Å²) < 4.78 is 58.1. The Kier molecular flexibility index (Phi) is 5.17. The summed E-state index contributed by atoms with van der Waals surface area (Å²) in [4.78, 5) is 26.7. The van der Waals surface area contributed by atoms with Gasteiger partial charge in [0, 0.05) is 13.1 Å². The molecule has 10 heteroatoms. The van der Waals surface area contributed by atoms with E-state index in [0.29, 0.717) is 32.2 Å². The van der Waals surface area contributed by atoms with Gasteiger partial charge in [0.1, 0.15) is 5.82 Å². The van der Waals surface area contributed by atoms with Gasteiger partial charge in [-0.1, -0.05) is 6.07 Å². The van der Waals surface area contributed by atoms with E-state index in [9.17, 15) is 32.3 Å². The van der Waals surface area contributed by atoms with Crippen molar-refractivity contribution in [1.29, 1.82) is 0 Å². The molecule has 0 unspecified atom stereocenters. The van der Waals surface area contributed by atoms with E-state index in [1.165, 1.54) is 15.9 Å². The van der Waals surface area contributed by atoms with Crippen molar-refractivity contribution >= 4 is 12.2 Å². The maximum absolute atomic E-state index is 13.7. The van der Waals surface area contributed by atoms with Gasteiger partial charge >= 0.3 is 18.4 Å². The van der Waals surface area contributed by atoms with Gasteiger partial charge in [0.25, 0.3) is 0 Å². The number of rotatable bonds is 4. The van der Waals surface area contributed by atoms with Gasteiger partial charge in [-0.05, 0) is 50.3 Å². The highest BCUT2D eigenvalue weighted by atomic mass is 19.4. The maximum Gasteiger partial charge on any atom is 0.419 e. The summed E-state index contributed by atoms with van der Waals surface area (Å²) in [6.07, 6.45) is -4.91. The second-order valence-electron chi connectivity index (χ2n) is 7.81. The van der Waals surface area contributed by atoms with E-state index in [4.69, 9.17) is 4.74 Å². The summed E-state index contributed by atoms with van der Waals surface area (Å²) in [5.74, 6) is -1.39. The minimum Gasteiger partial charge on any atom is -0.465 e. The smallest absolute Gasteiger partial charge is 0.419 e. The predicted molar refractivity (Wildman–Crippen MR) is 93.8 cm³/mol. The molecule has 2 fully saturated rings. The van der Waals surface area contributed by atoms with Crippen molar-refractivity contribution in [3.63, 3.8) is 0 Å². The lowest BCUT2D eigenvalue weighted by atomic mass is 9.94. The Balaban J connectivity index is 2.00. The second-order valence-corrected chi connectivity index (χ2v) is 7.81. The average Bonchev–Trinajstić information content (AvgIpc) is 3.34. The molecular formula is C19H22F4N2O4. The van der Waals surface area contributed by atoms with Crippen molar-refractivity contribution in [2.24, 2.45) is 0 Å². The van der Waals surface area contributed by atoms with Gasteiger partial charge in [-0.15, -0.1) is 0 Å². The number of hydrogen-bond donors (Lipinski definition) is 1. The first-order chi connectivity index (χ1) is 13.4. The standard InChI is InChI=1S/C19H22F4N2O4/c1-17(6-3-9-24(17)15(26)27)11-25(16(28)29-2)18(7-8-18)12-4-5-14(20)13(10-12)19(21,22)23/h4-5,10H,3,6-9,11H2,1-2H3,(H,26,27)/t17-/m1/s1. The van der Waals surface area contributed by atoms with Crippen LogP contribution in [0.3, 0.4) is 0 Å². The molecule has 0 aromatic heterocycles. The topological polar surface area (TPSA) is 70.1 Å². The number of halogens is 4. The number of likely N-dealkylation sites (tertiary alicyclic amines) is 1. The molecule has 1 heterocycles. The van der Waals surface area contributed by atoms with Crippen LogP contribution in [0.1, 0.15) is 43.7 Å². The quantitative estimate of drug-likeness (QED) is 0.735. The van der Waals surface area contributed by atoms with Crippen molar-refractivity contribution < 1.29 is 37.0 Å². The summed E-state index contributed by atoms with van der Waals surface area (Å²) in [6.45, 7) is 1.97. The third-order valence-corrected chi connectivity index (χ3v) is 5.92. The normalized spacial score (nSPS) is 23.0. The molecular weight excluding hydrogens is 396 g/mol. The fourth-order valence-corrected chi connectivity index (χ4v) is 4.22. The summed E-state index contributed by atoms with van der Waals surface area (Å²) >= 11 is 0. The van der Waals surface area contributed by atoms with Gasteiger partial charge in [-0.25, -0.2) is 14.0 Å². The molecule has 29 heavy (non-hydrogen) atoms. The summed E-state index contributed by atoms with van der Waals surface area (Å²) in [5, 5.41) is 9.47. The number of carbonyl (C=O) groups excluding carboxylic acids is 1. The Labute approximate surface area is 165 Å². The molecule has 1 atom stereocenters. The van der Waals surface area contributed by atoms with Crippen LogP contribution in [0.25, 0.3) is 0 Å². The number of benzene rings is 1. The number of carboxylic acid groups (broad SMARTS) is 1. The lowest BCUT2D eigenvalue weighted by Gasteiger charge is -2.41. The number of hydrogen-bond acceptors (Lipinski definition) is 3. The molecule has 160 valence electrons. The van der Waals surface area contributed by atoms with E-state index in [-0.39, 0.29) is 12.1 Å². The van der Waals surface area contributed by atoms with Crippen molar-refractivity contribution in [2.75, 3.05) is 20.2 Å². The van der Waals surface area contributed by atoms with Crippen LogP contribution in [-0.4, -0.2) is 52.8 Å². The van der Waals surface area contributed by atoms with E-state index in [1.807, 2.05) is 0 Å². The van der Waals surface area contributed by atoms with Gasteiger partial charge < -0.3 is 14.7 Å². The van der Waals surface area contributed by atoms with Gasteiger partial charge in [0.05, 0.1) is 23.8 Å². The van der Waals surface area contributed by atoms with Crippen LogP contribution >= 0.6 is 0 Å². The van der Waals surface area contributed by atoms with Gasteiger partial charge in [0.2, 0.25) is 0 Å². The van der Waals surface area contributed by atoms with Crippen molar-refractivity contribution in [3.8, 4) is 0 Å². The molecule has 1 aliphatic carbocycles. The highest BCUT2D eigenvalue weighted by molar-refractivity contribution is 5.71. The first-order valence-corrected chi connectivity index (χ1v) is 9.18. The summed E-state index contributed by atoms with van der Waals surface area (Å²) in [6, 6.07) is 2.71. The van der Waals surface area contributed by atoms with E-state index in [0.717, 1.165) is 19.2 Å². The van der Waals surface area contributed by atoms with Crippen molar-refractivity contribution in [1.82, 2.24) is 9.80 Å². The lowest BCUT2D eigenvalue weighted by molar-refractivity contribution is -0.140. The molecule has 1 saturated heterocycles. The van der Waals surface area contributed by atoms with Crippen molar-refractivity contribution in [2.45, 2.75) is 49.9 Å². The Bertz CT molecular complexity index is 825. The summed E-state index contributed by atoms with van der Waals surface area (Å²) in [5.41, 5.74) is -3.23. The van der Waals surface area contributed by atoms with E-state index in [2.05, 4.69) is 0 Å². The first kappa shape index (κ1) is 21.2. The number of nitrogens with zero attached hydrogens (tertiary/aromatic N) is 2. The molecule has 2 amide bonds. The number of alkyl halides is 3. The highest BCUT2D eigenvalue weighted by Crippen LogP contribution is 2.53. The molecule has 0 spiro atoms. The van der Waals surface area contributed by atoms with Gasteiger partial charge in [0.15, 0.2) is 0 Å². The van der Waals surface area contributed by atoms with Gasteiger partial charge in [-0.2, -0.15) is 13.2 Å². The van der Waals surface area contributed by atoms with Crippen LogP contribution in [0.4, 0.5) is 27.2 Å². The highest BCUT2D eigenvalue weighted by Gasteiger charge is 2.56. The molecule has 6 nitrogen and oxygen atoms in total. The minimum atomic E-state index is -4.87. The molecule has 0 bridgehead atoms. The number of methoxy groups -OCH3 is 1. The average molecular weight is 418 g/mol. The molecule has 2 aliphatic rings. The Hall–Kier alpha value is -2.52. The molecule has 1 aliphatic heterocycles. The van der Waals surface area contributed by atoms with Crippen LogP contribution in [0, 0.1) is 5.82 Å².